The molecule has 0 aliphatic rings. The molecule has 0 saturated carbocycles. The van der Waals surface area contributed by atoms with Crippen molar-refractivity contribution in [2.24, 2.45) is 0 Å². The maximum Gasteiger partial charge on any atom is 0.335 e. The van der Waals surface area contributed by atoms with Gasteiger partial charge in [-0.15, -0.1) is 0 Å². The van der Waals surface area contributed by atoms with Crippen LogP contribution in [0.25, 0.3) is 0 Å². The number of hydrogen-bond donors (Lipinski definition) is 0. The van der Waals surface area contributed by atoms with Crippen molar-refractivity contribution in [3.05, 3.63) is 121 Å². The molecule has 0 amide bonds. The van der Waals surface area contributed by atoms with Crippen LogP contribution in [0.3, 0.4) is 0 Å². The average molecular weight is 478 g/mol. The summed E-state index contributed by atoms with van der Waals surface area (Å²) in [5.41, 5.74) is 0. The monoisotopic (exact) mass is 477 g/mol. The normalized spacial score (nSPS) is 10.8. The van der Waals surface area contributed by atoms with Gasteiger partial charge in [-0.3, -0.25) is 0 Å². The molecule has 0 aromatic heterocycles. The predicted octanol–water partition coefficient (Wildman–Crippen LogP) is 7.30. The van der Waals surface area contributed by atoms with E-state index in [1.165, 1.54) is 24.3 Å². The Morgan fingerprint density at radius 1 is 0.788 bits per heavy atom. The van der Waals surface area contributed by atoms with Crippen molar-refractivity contribution in [3.63, 3.8) is 0 Å². The molecule has 33 heavy (non-hydrogen) atoms. The second kappa shape index (κ2) is 10.5. The lowest BCUT2D eigenvalue weighted by molar-refractivity contribution is -0.128. The predicted molar refractivity (Wildman–Crippen MR) is 128 cm³/mol. The van der Waals surface area contributed by atoms with Crippen molar-refractivity contribution in [2.45, 2.75) is 24.5 Å². The van der Waals surface area contributed by atoms with E-state index in [1.807, 2.05) is 36.4 Å². The van der Waals surface area contributed by atoms with Crippen LogP contribution in [-0.4, -0.2) is 5.97 Å². The van der Waals surface area contributed by atoms with E-state index in [0.717, 1.165) is 30.6 Å². The van der Waals surface area contributed by atoms with E-state index in [-0.39, 0.29) is 11.6 Å². The van der Waals surface area contributed by atoms with Crippen LogP contribution in [0.1, 0.15) is 0 Å². The molecule has 0 atom stereocenters. The van der Waals surface area contributed by atoms with Gasteiger partial charge in [-0.25, -0.2) is 13.6 Å². The van der Waals surface area contributed by atoms with Crippen LogP contribution in [0, 0.1) is 11.6 Å². The van der Waals surface area contributed by atoms with E-state index < -0.39 is 16.9 Å². The van der Waals surface area contributed by atoms with Crippen LogP contribution in [0.15, 0.2) is 134 Å². The fourth-order valence-corrected chi connectivity index (χ4v) is 6.39. The molecule has 0 heterocycles. The fourth-order valence-electron chi connectivity index (χ4n) is 3.10. The largest absolute Gasteiger partial charge is 0.423 e. The first-order valence-corrected chi connectivity index (χ1v) is 12.0. The van der Waals surface area contributed by atoms with Crippen molar-refractivity contribution >= 4 is 28.6 Å². The highest BCUT2D eigenvalue weighted by Gasteiger charge is 2.31. The summed E-state index contributed by atoms with van der Waals surface area (Å²) in [7, 11) is -0.564. The zero-order valence-electron chi connectivity index (χ0n) is 17.4. The molecule has 4 aromatic rings. The summed E-state index contributed by atoms with van der Waals surface area (Å²) in [6, 6.07) is 28.0. The SMILES string of the molecule is C=CC(=O)Oc1ccc(Sc2ccccc2[S+](c2ccc(F)cc2)c2ccc(F)cc2)cc1. The van der Waals surface area contributed by atoms with Crippen molar-refractivity contribution < 1.29 is 18.3 Å². The second-order valence-corrected chi connectivity index (χ2v) is 9.97. The first-order chi connectivity index (χ1) is 16.0. The quantitative estimate of drug-likeness (QED) is 0.121. The van der Waals surface area contributed by atoms with Crippen LogP contribution in [0.4, 0.5) is 8.78 Å². The molecule has 6 heteroatoms. The Balaban J connectivity index is 1.71. The fraction of sp³-hybridized carbons (Fsp3) is 0. The van der Waals surface area contributed by atoms with Crippen LogP contribution in [-0.2, 0) is 15.7 Å². The molecule has 0 aliphatic carbocycles. The van der Waals surface area contributed by atoms with Gasteiger partial charge < -0.3 is 4.74 Å². The minimum Gasteiger partial charge on any atom is -0.423 e. The number of ether oxygens (including phenoxy) is 1. The third-order valence-electron chi connectivity index (χ3n) is 4.60. The molecular formula is C27H19F2O2S2+. The second-order valence-electron chi connectivity index (χ2n) is 6.86. The van der Waals surface area contributed by atoms with Gasteiger partial charge in [-0.05, 0) is 84.9 Å². The zero-order valence-corrected chi connectivity index (χ0v) is 19.0. The summed E-state index contributed by atoms with van der Waals surface area (Å²) in [6.45, 7) is 3.40. The van der Waals surface area contributed by atoms with Gasteiger partial charge in [0.1, 0.15) is 28.3 Å². The van der Waals surface area contributed by atoms with Crippen molar-refractivity contribution in [2.75, 3.05) is 0 Å². The Morgan fingerprint density at radius 2 is 1.33 bits per heavy atom. The lowest BCUT2D eigenvalue weighted by atomic mass is 10.3. The van der Waals surface area contributed by atoms with Crippen LogP contribution < -0.4 is 4.74 Å². The summed E-state index contributed by atoms with van der Waals surface area (Å²) in [5.74, 6) is -0.680. The number of hydrogen-bond acceptors (Lipinski definition) is 3. The van der Waals surface area contributed by atoms with Gasteiger partial charge in [0.25, 0.3) is 0 Å². The lowest BCUT2D eigenvalue weighted by Crippen LogP contribution is -2.06. The average Bonchev–Trinajstić information content (AvgIpc) is 2.84. The molecule has 0 spiro atoms. The number of carbonyl (C=O) groups is 1. The standard InChI is InChI=1S/C27H19F2O2S2/c1-2-27(30)31-21-11-13-22(14-12-21)32-25-5-3-4-6-26(25)33(23-15-7-19(28)8-16-23)24-17-9-20(29)10-18-24/h2-18H,1H2/q+1. The van der Waals surface area contributed by atoms with Gasteiger partial charge in [0.15, 0.2) is 14.7 Å². The molecule has 2 nitrogen and oxygen atoms in total. The highest BCUT2D eigenvalue weighted by molar-refractivity contribution is 8.01. The summed E-state index contributed by atoms with van der Waals surface area (Å²) in [6.07, 6.45) is 1.12. The van der Waals surface area contributed by atoms with E-state index in [0.29, 0.717) is 5.75 Å². The maximum atomic E-state index is 13.6. The first-order valence-electron chi connectivity index (χ1n) is 10.00. The summed E-state index contributed by atoms with van der Waals surface area (Å²) in [5, 5.41) is 0. The third kappa shape index (κ3) is 5.72. The van der Waals surface area contributed by atoms with Crippen LogP contribution in [0.2, 0.25) is 0 Å². The van der Waals surface area contributed by atoms with E-state index in [9.17, 15) is 13.6 Å². The van der Waals surface area contributed by atoms with E-state index in [4.69, 9.17) is 4.74 Å². The van der Waals surface area contributed by atoms with Gasteiger partial charge in [-0.2, -0.15) is 0 Å². The maximum absolute atomic E-state index is 13.6. The van der Waals surface area contributed by atoms with Gasteiger partial charge in [-0.1, -0.05) is 30.5 Å². The Labute approximate surface area is 198 Å². The van der Waals surface area contributed by atoms with E-state index in [2.05, 4.69) is 6.58 Å². The molecule has 4 aromatic carbocycles. The van der Waals surface area contributed by atoms with Gasteiger partial charge in [0, 0.05) is 11.0 Å². The molecule has 0 aliphatic heterocycles. The Hall–Kier alpha value is -3.35. The summed E-state index contributed by atoms with van der Waals surface area (Å²) < 4.78 is 32.4. The van der Waals surface area contributed by atoms with Crippen molar-refractivity contribution in [1.29, 1.82) is 0 Å². The number of rotatable bonds is 7. The Bertz CT molecular complexity index is 1210. The first kappa shape index (κ1) is 22.8. The Morgan fingerprint density at radius 3 is 1.88 bits per heavy atom. The molecule has 0 N–H and O–H groups in total. The molecule has 0 radical (unpaired) electrons. The van der Waals surface area contributed by atoms with Crippen molar-refractivity contribution in [3.8, 4) is 5.75 Å². The lowest BCUT2D eigenvalue weighted by Gasteiger charge is -2.12. The summed E-state index contributed by atoms with van der Waals surface area (Å²) in [4.78, 5) is 16.3. The van der Waals surface area contributed by atoms with Gasteiger partial charge in [0.05, 0.1) is 4.90 Å². The molecule has 0 fully saturated rings. The molecule has 0 unspecified atom stereocenters. The van der Waals surface area contributed by atoms with E-state index >= 15 is 0 Å². The van der Waals surface area contributed by atoms with Gasteiger partial charge in [0.2, 0.25) is 0 Å². The highest BCUT2D eigenvalue weighted by Crippen LogP contribution is 2.40. The Kier molecular flexibility index (Phi) is 7.27. The van der Waals surface area contributed by atoms with Crippen LogP contribution >= 0.6 is 11.8 Å². The molecule has 164 valence electrons. The zero-order chi connectivity index (χ0) is 23.2. The minimum atomic E-state index is -0.564. The number of esters is 1. The summed E-state index contributed by atoms with van der Waals surface area (Å²) >= 11 is 1.57. The molecule has 0 saturated heterocycles. The van der Waals surface area contributed by atoms with Crippen LogP contribution in [0.5, 0.6) is 5.75 Å². The van der Waals surface area contributed by atoms with Gasteiger partial charge >= 0.3 is 5.97 Å². The number of halogens is 2. The topological polar surface area (TPSA) is 26.3 Å². The smallest absolute Gasteiger partial charge is 0.335 e. The molecule has 0 bridgehead atoms. The van der Waals surface area contributed by atoms with Crippen molar-refractivity contribution in [1.82, 2.24) is 0 Å². The number of benzene rings is 4. The van der Waals surface area contributed by atoms with E-state index in [1.54, 1.807) is 48.2 Å². The molecular weight excluding hydrogens is 458 g/mol. The molecule has 4 rings (SSSR count). The third-order valence-corrected chi connectivity index (χ3v) is 8.10. The number of carbonyl (C=O) groups excluding carboxylic acids is 1. The highest BCUT2D eigenvalue weighted by atomic mass is 32.2. The minimum absolute atomic E-state index is 0.304.